The van der Waals surface area contributed by atoms with Gasteiger partial charge in [0.2, 0.25) is 0 Å². The molecule has 0 saturated heterocycles. The zero-order chi connectivity index (χ0) is 25.0. The third kappa shape index (κ3) is 5.72. The normalized spacial score (nSPS) is 15.0. The fourth-order valence-corrected chi connectivity index (χ4v) is 4.21. The van der Waals surface area contributed by atoms with E-state index in [0.29, 0.717) is 17.7 Å². The first-order chi connectivity index (χ1) is 16.8. The summed E-state index contributed by atoms with van der Waals surface area (Å²) in [6.07, 6.45) is 2.44. The van der Waals surface area contributed by atoms with E-state index in [1.807, 2.05) is 42.5 Å². The van der Waals surface area contributed by atoms with Gasteiger partial charge in [0.25, 0.3) is 5.91 Å². The number of rotatable bonds is 7. The summed E-state index contributed by atoms with van der Waals surface area (Å²) >= 11 is 0. The Balaban J connectivity index is 1.53. The minimum Gasteiger partial charge on any atom is -0.497 e. The van der Waals surface area contributed by atoms with Gasteiger partial charge in [-0.15, -0.1) is 0 Å². The highest BCUT2D eigenvalue weighted by molar-refractivity contribution is 6.10. The van der Waals surface area contributed by atoms with Gasteiger partial charge < -0.3 is 20.1 Å². The predicted octanol–water partition coefficient (Wildman–Crippen LogP) is 4.78. The van der Waals surface area contributed by atoms with Crippen LogP contribution in [0.1, 0.15) is 51.3 Å². The van der Waals surface area contributed by atoms with E-state index in [1.54, 1.807) is 44.6 Å². The van der Waals surface area contributed by atoms with E-state index in [1.165, 1.54) is 0 Å². The molecule has 6 nitrogen and oxygen atoms in total. The second-order valence-electron chi connectivity index (χ2n) is 9.24. The molecule has 0 saturated carbocycles. The number of hydrogen-bond donors (Lipinski definition) is 2. The van der Waals surface area contributed by atoms with Gasteiger partial charge in [0.15, 0.2) is 5.78 Å². The van der Waals surface area contributed by atoms with E-state index in [9.17, 15) is 9.59 Å². The number of carbonyl (C=O) groups excluding carboxylic acids is 2. The van der Waals surface area contributed by atoms with Crippen LogP contribution in [0, 0.1) is 0 Å². The summed E-state index contributed by atoms with van der Waals surface area (Å²) in [6, 6.07) is 20.2. The number of nitrogens with one attached hydrogen (secondary N) is 2. The van der Waals surface area contributed by atoms with Crippen molar-refractivity contribution in [3.63, 3.8) is 0 Å². The zero-order valence-corrected chi connectivity index (χ0v) is 20.5. The highest BCUT2D eigenvalue weighted by Crippen LogP contribution is 2.32. The lowest BCUT2D eigenvalue weighted by Gasteiger charge is -2.35. The van der Waals surface area contributed by atoms with Crippen LogP contribution in [-0.4, -0.2) is 31.4 Å². The minimum absolute atomic E-state index is 0.177. The fourth-order valence-electron chi connectivity index (χ4n) is 4.21. The monoisotopic (exact) mass is 470 g/mol. The van der Waals surface area contributed by atoms with Crippen molar-refractivity contribution in [1.29, 1.82) is 0 Å². The number of carbonyl (C=O) groups is 2. The molecule has 1 heterocycles. The number of methoxy groups -OCH3 is 2. The molecule has 0 unspecified atom stereocenters. The molecule has 1 amide bonds. The SMILES string of the molecule is COc1ccc(CNC(=O)c2cccc(C(=O)/C=C3\NC(C)(C)Cc4ccc(OC)cc43)c2)cc1. The molecular formula is C29H30N2O4. The molecule has 4 rings (SSSR count). The molecule has 3 aromatic carbocycles. The molecule has 0 aliphatic carbocycles. The Kier molecular flexibility index (Phi) is 6.92. The molecule has 0 bridgehead atoms. The molecule has 0 aromatic heterocycles. The Hall–Kier alpha value is -4.06. The van der Waals surface area contributed by atoms with Crippen molar-refractivity contribution in [3.05, 3.63) is 101 Å². The first kappa shape index (κ1) is 24.1. The number of amides is 1. The topological polar surface area (TPSA) is 76.7 Å². The van der Waals surface area contributed by atoms with E-state index in [0.717, 1.165) is 40.3 Å². The second kappa shape index (κ2) is 10.1. The minimum atomic E-state index is -0.241. The number of allylic oxidation sites excluding steroid dienone is 1. The molecule has 1 aliphatic heterocycles. The number of benzene rings is 3. The number of ether oxygens (including phenoxy) is 2. The maximum absolute atomic E-state index is 13.2. The molecule has 6 heteroatoms. The summed E-state index contributed by atoms with van der Waals surface area (Å²) in [4.78, 5) is 25.9. The highest BCUT2D eigenvalue weighted by atomic mass is 16.5. The van der Waals surface area contributed by atoms with Gasteiger partial charge >= 0.3 is 0 Å². The maximum Gasteiger partial charge on any atom is 0.251 e. The molecule has 0 radical (unpaired) electrons. The third-order valence-electron chi connectivity index (χ3n) is 6.01. The summed E-state index contributed by atoms with van der Waals surface area (Å²) < 4.78 is 10.5. The first-order valence-electron chi connectivity index (χ1n) is 11.5. The Bertz CT molecular complexity index is 1280. The van der Waals surface area contributed by atoms with Crippen molar-refractivity contribution in [1.82, 2.24) is 10.6 Å². The average Bonchev–Trinajstić information content (AvgIpc) is 2.86. The Morgan fingerprint density at radius 1 is 0.943 bits per heavy atom. The van der Waals surface area contributed by atoms with Crippen molar-refractivity contribution >= 4 is 17.4 Å². The third-order valence-corrected chi connectivity index (χ3v) is 6.01. The van der Waals surface area contributed by atoms with Gasteiger partial charge in [-0.1, -0.05) is 30.3 Å². The van der Waals surface area contributed by atoms with E-state index >= 15 is 0 Å². The van der Waals surface area contributed by atoms with Crippen molar-refractivity contribution in [2.75, 3.05) is 14.2 Å². The number of ketones is 1. The summed E-state index contributed by atoms with van der Waals surface area (Å²) in [7, 11) is 3.24. The van der Waals surface area contributed by atoms with Gasteiger partial charge in [0.1, 0.15) is 11.5 Å². The van der Waals surface area contributed by atoms with Crippen LogP contribution in [0.15, 0.2) is 72.8 Å². The summed E-state index contributed by atoms with van der Waals surface area (Å²) in [5.74, 6) is 1.08. The summed E-state index contributed by atoms with van der Waals surface area (Å²) in [5, 5.41) is 6.39. The van der Waals surface area contributed by atoms with Crippen LogP contribution in [0.5, 0.6) is 11.5 Å². The summed E-state index contributed by atoms with van der Waals surface area (Å²) in [5.41, 5.74) is 4.49. The highest BCUT2D eigenvalue weighted by Gasteiger charge is 2.28. The van der Waals surface area contributed by atoms with Crippen LogP contribution < -0.4 is 20.1 Å². The molecule has 35 heavy (non-hydrogen) atoms. The smallest absolute Gasteiger partial charge is 0.251 e. The van der Waals surface area contributed by atoms with Gasteiger partial charge in [0, 0.05) is 40.5 Å². The lowest BCUT2D eigenvalue weighted by atomic mass is 9.85. The second-order valence-corrected chi connectivity index (χ2v) is 9.24. The van der Waals surface area contributed by atoms with Crippen LogP contribution in [0.4, 0.5) is 0 Å². The largest absolute Gasteiger partial charge is 0.497 e. The fraction of sp³-hybridized carbons (Fsp3) is 0.241. The molecule has 0 fully saturated rings. The van der Waals surface area contributed by atoms with Crippen LogP contribution in [0.25, 0.3) is 5.70 Å². The molecular weight excluding hydrogens is 440 g/mol. The molecule has 0 atom stereocenters. The van der Waals surface area contributed by atoms with Gasteiger partial charge in [0.05, 0.1) is 14.2 Å². The Labute approximate surface area is 206 Å². The van der Waals surface area contributed by atoms with Crippen molar-refractivity contribution in [2.45, 2.75) is 32.4 Å². The van der Waals surface area contributed by atoms with Crippen LogP contribution in [0.3, 0.4) is 0 Å². The maximum atomic E-state index is 13.2. The quantitative estimate of drug-likeness (QED) is 0.384. The lowest BCUT2D eigenvalue weighted by Crippen LogP contribution is -2.43. The van der Waals surface area contributed by atoms with E-state index < -0.39 is 0 Å². The van der Waals surface area contributed by atoms with Crippen molar-refractivity contribution < 1.29 is 19.1 Å². The van der Waals surface area contributed by atoms with E-state index in [2.05, 4.69) is 24.5 Å². The van der Waals surface area contributed by atoms with Gasteiger partial charge in [-0.05, 0) is 67.8 Å². The van der Waals surface area contributed by atoms with E-state index in [4.69, 9.17) is 9.47 Å². The van der Waals surface area contributed by atoms with Gasteiger partial charge in [-0.25, -0.2) is 0 Å². The Morgan fingerprint density at radius 2 is 1.63 bits per heavy atom. The van der Waals surface area contributed by atoms with Crippen LogP contribution in [-0.2, 0) is 13.0 Å². The zero-order valence-electron chi connectivity index (χ0n) is 20.5. The van der Waals surface area contributed by atoms with Crippen molar-refractivity contribution in [2.24, 2.45) is 0 Å². The van der Waals surface area contributed by atoms with Crippen LogP contribution >= 0.6 is 0 Å². The van der Waals surface area contributed by atoms with Crippen LogP contribution in [0.2, 0.25) is 0 Å². The molecule has 180 valence electrons. The molecule has 1 aliphatic rings. The van der Waals surface area contributed by atoms with Gasteiger partial charge in [-0.3, -0.25) is 9.59 Å². The molecule has 0 spiro atoms. The lowest BCUT2D eigenvalue weighted by molar-refractivity contribution is 0.0951. The number of hydrogen-bond acceptors (Lipinski definition) is 5. The van der Waals surface area contributed by atoms with Crippen molar-refractivity contribution in [3.8, 4) is 11.5 Å². The molecule has 3 aromatic rings. The average molecular weight is 471 g/mol. The number of fused-ring (bicyclic) bond motifs is 1. The first-order valence-corrected chi connectivity index (χ1v) is 11.5. The standard InChI is InChI=1S/C29H30N2O4/c1-29(2)17-22-10-13-24(35-4)15-25(22)26(31-29)16-27(32)20-6-5-7-21(14-20)28(33)30-18-19-8-11-23(34-3)12-9-19/h5-16,31H,17-18H2,1-4H3,(H,30,33)/b26-16-. The Morgan fingerprint density at radius 3 is 2.34 bits per heavy atom. The van der Waals surface area contributed by atoms with Gasteiger partial charge in [-0.2, -0.15) is 0 Å². The van der Waals surface area contributed by atoms with E-state index in [-0.39, 0.29) is 17.2 Å². The molecule has 2 N–H and O–H groups in total. The predicted molar refractivity (Wildman–Crippen MR) is 137 cm³/mol. The summed E-state index contributed by atoms with van der Waals surface area (Å²) in [6.45, 7) is 4.58.